The van der Waals surface area contributed by atoms with Crippen molar-refractivity contribution in [2.75, 3.05) is 6.61 Å². The number of hydrogen-bond donors (Lipinski definition) is 1. The van der Waals surface area contributed by atoms with Crippen molar-refractivity contribution in [3.05, 3.63) is 11.1 Å². The molecule has 8 heteroatoms. The van der Waals surface area contributed by atoms with E-state index in [1.54, 1.807) is 0 Å². The van der Waals surface area contributed by atoms with Gasteiger partial charge in [-0.15, -0.1) is 11.6 Å². The summed E-state index contributed by atoms with van der Waals surface area (Å²) in [5.41, 5.74) is -0.107. The van der Waals surface area contributed by atoms with Crippen molar-refractivity contribution in [1.82, 2.24) is 0 Å². The SMILES string of the molecule is CC(C)[Si]1(C(C)C)OCC2=C3[C@H](O1)[C@]1(C)C(=O)CC[C@H]1[C@](C)(Cl)CC3(O)OC2=O. The van der Waals surface area contributed by atoms with Crippen LogP contribution in [0.2, 0.25) is 11.1 Å². The number of carbonyl (C=O) groups is 2. The number of rotatable bonds is 2. The zero-order valence-corrected chi connectivity index (χ0v) is 19.8. The van der Waals surface area contributed by atoms with Crippen LogP contribution in [0.1, 0.15) is 60.8 Å². The van der Waals surface area contributed by atoms with Gasteiger partial charge >= 0.3 is 14.5 Å². The summed E-state index contributed by atoms with van der Waals surface area (Å²) in [5, 5.41) is 11.5. The molecular weight excluding hydrogens is 412 g/mol. The van der Waals surface area contributed by atoms with E-state index in [0.29, 0.717) is 24.0 Å². The number of hydrogen-bond acceptors (Lipinski definition) is 6. The first-order valence-corrected chi connectivity index (χ1v) is 12.9. The molecule has 29 heavy (non-hydrogen) atoms. The second-order valence-electron chi connectivity index (χ2n) is 10.1. The van der Waals surface area contributed by atoms with Gasteiger partial charge in [-0.2, -0.15) is 0 Å². The predicted octanol–water partition coefficient (Wildman–Crippen LogP) is 3.59. The van der Waals surface area contributed by atoms with Gasteiger partial charge in [0, 0.05) is 18.4 Å². The Morgan fingerprint density at radius 1 is 1.17 bits per heavy atom. The normalized spacial score (nSPS) is 43.9. The number of fused-ring (bicyclic) bond motifs is 2. The van der Waals surface area contributed by atoms with E-state index in [1.807, 2.05) is 13.8 Å². The van der Waals surface area contributed by atoms with E-state index in [-0.39, 0.29) is 35.8 Å². The standard InChI is InChI=1S/C21H31ClO6Si/c1-11(2)29(12(3)4)26-9-13-16-17(28-29)20(6)14(7-8-15(20)23)19(5,22)10-21(16,25)27-18(13)24/h11-12,14,17,25H,7-10H2,1-6H3/t14-,17-,19+,20-,21?/m0/s1. The third-order valence-corrected chi connectivity index (χ3v) is 12.5. The second kappa shape index (κ2) is 6.39. The van der Waals surface area contributed by atoms with Crippen LogP contribution < -0.4 is 0 Å². The molecule has 2 fully saturated rings. The average molecular weight is 443 g/mol. The fourth-order valence-corrected chi connectivity index (χ4v) is 10.5. The lowest BCUT2D eigenvalue weighted by Crippen LogP contribution is -2.56. The van der Waals surface area contributed by atoms with Crippen LogP contribution in [0.25, 0.3) is 0 Å². The molecule has 1 unspecified atom stereocenters. The van der Waals surface area contributed by atoms with Crippen LogP contribution >= 0.6 is 11.6 Å². The van der Waals surface area contributed by atoms with Gasteiger partial charge in [0.05, 0.1) is 28.6 Å². The Hall–Kier alpha value is -0.733. The van der Waals surface area contributed by atoms with Gasteiger partial charge in [0.1, 0.15) is 5.78 Å². The van der Waals surface area contributed by atoms with Crippen molar-refractivity contribution in [2.45, 2.75) is 88.7 Å². The molecule has 2 aliphatic heterocycles. The van der Waals surface area contributed by atoms with Gasteiger partial charge in [-0.25, -0.2) is 4.79 Å². The molecule has 0 aromatic rings. The lowest BCUT2D eigenvalue weighted by Gasteiger charge is -2.45. The molecule has 2 aliphatic carbocycles. The zero-order valence-electron chi connectivity index (χ0n) is 18.0. The Morgan fingerprint density at radius 2 is 1.79 bits per heavy atom. The number of halogens is 1. The van der Waals surface area contributed by atoms with E-state index in [0.717, 1.165) is 0 Å². The number of aliphatic hydroxyl groups is 1. The fraction of sp³-hybridized carbons (Fsp3) is 0.810. The fourth-order valence-electron chi connectivity index (χ4n) is 6.29. The maximum absolute atomic E-state index is 13.3. The van der Waals surface area contributed by atoms with Crippen molar-refractivity contribution in [1.29, 1.82) is 0 Å². The van der Waals surface area contributed by atoms with E-state index in [9.17, 15) is 14.7 Å². The summed E-state index contributed by atoms with van der Waals surface area (Å²) in [4.78, 5) is 25.2. The van der Waals surface area contributed by atoms with Crippen LogP contribution in [0.4, 0.5) is 0 Å². The molecule has 0 aromatic carbocycles. The molecule has 162 valence electrons. The molecule has 0 radical (unpaired) electrons. The van der Waals surface area contributed by atoms with Crippen molar-refractivity contribution in [2.24, 2.45) is 11.3 Å². The third kappa shape index (κ3) is 2.70. The summed E-state index contributed by atoms with van der Waals surface area (Å²) in [6, 6.07) is 0. The molecule has 6 nitrogen and oxygen atoms in total. The van der Waals surface area contributed by atoms with E-state index in [4.69, 9.17) is 25.2 Å². The minimum absolute atomic E-state index is 0.0252. The Bertz CT molecular complexity index is 797. The molecule has 2 saturated carbocycles. The molecule has 2 heterocycles. The Morgan fingerprint density at radius 3 is 2.38 bits per heavy atom. The van der Waals surface area contributed by atoms with Crippen LogP contribution in [0.3, 0.4) is 0 Å². The number of esters is 1. The van der Waals surface area contributed by atoms with Crippen LogP contribution in [0.15, 0.2) is 11.1 Å². The maximum Gasteiger partial charge on any atom is 0.344 e. The largest absolute Gasteiger partial charge is 0.425 e. The lowest BCUT2D eigenvalue weighted by molar-refractivity contribution is -0.187. The van der Waals surface area contributed by atoms with Crippen LogP contribution in [0.5, 0.6) is 0 Å². The van der Waals surface area contributed by atoms with Crippen molar-refractivity contribution < 1.29 is 28.3 Å². The Kier molecular flexibility index (Phi) is 4.74. The molecule has 1 N–H and O–H groups in total. The molecule has 4 aliphatic rings. The van der Waals surface area contributed by atoms with Crippen LogP contribution in [0, 0.1) is 11.3 Å². The number of ketones is 1. The van der Waals surface area contributed by atoms with E-state index in [2.05, 4.69) is 27.7 Å². The molecule has 0 spiro atoms. The number of alkyl halides is 1. The van der Waals surface area contributed by atoms with Gasteiger partial charge < -0.3 is 18.7 Å². The summed E-state index contributed by atoms with van der Waals surface area (Å²) in [7, 11) is -2.86. The summed E-state index contributed by atoms with van der Waals surface area (Å²) < 4.78 is 18.7. The predicted molar refractivity (Wildman–Crippen MR) is 110 cm³/mol. The van der Waals surface area contributed by atoms with Gasteiger partial charge in [-0.3, -0.25) is 4.79 Å². The highest BCUT2D eigenvalue weighted by atomic mass is 35.5. The van der Waals surface area contributed by atoms with E-state index >= 15 is 0 Å². The molecule has 5 atom stereocenters. The second-order valence-corrected chi connectivity index (χ2v) is 15.3. The topological polar surface area (TPSA) is 82.1 Å². The first kappa shape index (κ1) is 21.5. The quantitative estimate of drug-likeness (QED) is 0.399. The minimum Gasteiger partial charge on any atom is -0.425 e. The van der Waals surface area contributed by atoms with Crippen molar-refractivity contribution >= 4 is 31.9 Å². The molecule has 0 saturated heterocycles. The summed E-state index contributed by atoms with van der Waals surface area (Å²) in [6.07, 6.45) is 0.282. The Labute approximate surface area is 178 Å². The molecular formula is C21H31ClO6Si. The average Bonchev–Trinajstić information content (AvgIpc) is 2.91. The minimum atomic E-state index is -2.86. The lowest BCUT2D eigenvalue weighted by atomic mass is 9.69. The zero-order chi connectivity index (χ0) is 21.6. The van der Waals surface area contributed by atoms with Crippen LogP contribution in [-0.2, 0) is 23.2 Å². The smallest absolute Gasteiger partial charge is 0.344 e. The van der Waals surface area contributed by atoms with Gasteiger partial charge in [0.15, 0.2) is 0 Å². The van der Waals surface area contributed by atoms with Gasteiger partial charge in [-0.1, -0.05) is 27.7 Å². The highest BCUT2D eigenvalue weighted by Crippen LogP contribution is 2.62. The first-order valence-electron chi connectivity index (χ1n) is 10.5. The van der Waals surface area contributed by atoms with Gasteiger partial charge in [-0.05, 0) is 37.3 Å². The highest BCUT2D eigenvalue weighted by molar-refractivity contribution is 6.70. The third-order valence-electron chi connectivity index (χ3n) is 7.71. The molecule has 0 aromatic heterocycles. The summed E-state index contributed by atoms with van der Waals surface area (Å²) in [5.74, 6) is -2.62. The van der Waals surface area contributed by atoms with Gasteiger partial charge in [0.2, 0.25) is 5.79 Å². The Balaban J connectivity index is 1.99. The highest BCUT2D eigenvalue weighted by Gasteiger charge is 2.70. The van der Waals surface area contributed by atoms with E-state index < -0.39 is 36.7 Å². The number of Topliss-reactive ketones (excluding diaryl/α,β-unsaturated/α-hetero) is 1. The summed E-state index contributed by atoms with van der Waals surface area (Å²) >= 11 is 6.96. The van der Waals surface area contributed by atoms with E-state index in [1.165, 1.54) is 0 Å². The van der Waals surface area contributed by atoms with Crippen molar-refractivity contribution in [3.63, 3.8) is 0 Å². The number of carbonyl (C=O) groups excluding carboxylic acids is 2. The first-order chi connectivity index (χ1) is 13.3. The molecule has 4 rings (SSSR count). The van der Waals surface area contributed by atoms with Crippen LogP contribution in [-0.4, -0.2) is 48.8 Å². The molecule has 0 bridgehead atoms. The molecule has 0 amide bonds. The number of ether oxygens (including phenoxy) is 1. The summed E-state index contributed by atoms with van der Waals surface area (Å²) in [6.45, 7) is 12.0. The van der Waals surface area contributed by atoms with Gasteiger partial charge in [0.25, 0.3) is 0 Å². The van der Waals surface area contributed by atoms with Crippen molar-refractivity contribution in [3.8, 4) is 0 Å². The monoisotopic (exact) mass is 442 g/mol. The maximum atomic E-state index is 13.3.